The number of carbonyl (C=O) groups is 2. The molecular formula is C28H23N3O2S3. The normalized spacial score (nSPS) is 14.8. The van der Waals surface area contributed by atoms with Gasteiger partial charge in [0.25, 0.3) is 5.91 Å². The van der Waals surface area contributed by atoms with Crippen LogP contribution in [0.1, 0.15) is 27.9 Å². The molecule has 1 saturated heterocycles. The summed E-state index contributed by atoms with van der Waals surface area (Å²) in [4.78, 5) is 33.3. The summed E-state index contributed by atoms with van der Waals surface area (Å²) in [6, 6.07) is 25.7. The zero-order chi connectivity index (χ0) is 25.1. The van der Waals surface area contributed by atoms with E-state index in [1.165, 1.54) is 28.4 Å². The molecule has 5 nitrogen and oxygen atoms in total. The number of para-hydroxylation sites is 2. The van der Waals surface area contributed by atoms with Gasteiger partial charge in [-0.05, 0) is 36.3 Å². The van der Waals surface area contributed by atoms with Crippen molar-refractivity contribution in [1.82, 2.24) is 14.5 Å². The zero-order valence-electron chi connectivity index (χ0n) is 19.6. The number of benzene rings is 3. The van der Waals surface area contributed by atoms with Crippen molar-refractivity contribution in [3.05, 3.63) is 100 Å². The monoisotopic (exact) mass is 529 g/mol. The topological polar surface area (TPSA) is 55.2 Å². The molecule has 5 rings (SSSR count). The molecule has 1 amide bonds. The Morgan fingerprint density at radius 3 is 2.53 bits per heavy atom. The number of rotatable bonds is 7. The van der Waals surface area contributed by atoms with Gasteiger partial charge in [-0.1, -0.05) is 108 Å². The molecule has 180 valence electrons. The maximum atomic E-state index is 13.4. The molecule has 0 N–H and O–H groups in total. The summed E-state index contributed by atoms with van der Waals surface area (Å²) in [5, 5.41) is 0.648. The van der Waals surface area contributed by atoms with Crippen LogP contribution in [0.5, 0.6) is 0 Å². The van der Waals surface area contributed by atoms with E-state index in [0.717, 1.165) is 27.7 Å². The van der Waals surface area contributed by atoms with Crippen LogP contribution in [0.15, 0.2) is 88.9 Å². The quantitative estimate of drug-likeness (QED) is 0.153. The van der Waals surface area contributed by atoms with Crippen LogP contribution < -0.4 is 0 Å². The van der Waals surface area contributed by atoms with Crippen LogP contribution >= 0.6 is 35.7 Å². The van der Waals surface area contributed by atoms with Crippen molar-refractivity contribution < 1.29 is 9.59 Å². The Labute approximate surface area is 223 Å². The van der Waals surface area contributed by atoms with Crippen LogP contribution in [0, 0.1) is 6.92 Å². The van der Waals surface area contributed by atoms with Crippen LogP contribution in [0.4, 0.5) is 0 Å². The molecule has 0 aliphatic carbocycles. The highest BCUT2D eigenvalue weighted by molar-refractivity contribution is 8.26. The van der Waals surface area contributed by atoms with Gasteiger partial charge >= 0.3 is 0 Å². The van der Waals surface area contributed by atoms with Gasteiger partial charge in [-0.25, -0.2) is 4.98 Å². The first-order chi connectivity index (χ1) is 17.5. The molecule has 4 aromatic rings. The van der Waals surface area contributed by atoms with Gasteiger partial charge in [0.05, 0.1) is 15.9 Å². The van der Waals surface area contributed by atoms with Crippen molar-refractivity contribution in [3.8, 4) is 0 Å². The number of imidazole rings is 1. The molecule has 0 spiro atoms. The van der Waals surface area contributed by atoms with Gasteiger partial charge in [0.1, 0.15) is 4.32 Å². The zero-order valence-corrected chi connectivity index (χ0v) is 22.0. The van der Waals surface area contributed by atoms with E-state index in [0.29, 0.717) is 20.1 Å². The Morgan fingerprint density at radius 2 is 1.75 bits per heavy atom. The molecule has 3 aromatic carbocycles. The Kier molecular flexibility index (Phi) is 7.36. The lowest BCUT2D eigenvalue weighted by Crippen LogP contribution is -2.31. The van der Waals surface area contributed by atoms with Crippen LogP contribution in [-0.4, -0.2) is 37.1 Å². The highest BCUT2D eigenvalue weighted by atomic mass is 32.2. The van der Waals surface area contributed by atoms with Crippen molar-refractivity contribution >= 4 is 69.0 Å². The molecule has 1 fully saturated rings. The number of carbonyl (C=O) groups excluding carboxylic acids is 2. The van der Waals surface area contributed by atoms with E-state index < -0.39 is 0 Å². The first-order valence-electron chi connectivity index (χ1n) is 11.5. The average Bonchev–Trinajstić information content (AvgIpc) is 3.39. The molecule has 1 aromatic heterocycles. The van der Waals surface area contributed by atoms with Crippen LogP contribution in [-0.2, 0) is 10.5 Å². The highest BCUT2D eigenvalue weighted by Gasteiger charge is 2.32. The van der Waals surface area contributed by atoms with Crippen molar-refractivity contribution in [2.24, 2.45) is 0 Å². The fourth-order valence-corrected chi connectivity index (χ4v) is 6.18. The standard InChI is InChI=1S/C28H23N3O2S3/c1-19-11-13-20(14-12-19)17-24-26(33)30(28(34)36-24)16-15-25(32)31-23-10-6-5-9-22(23)29-27(31)35-18-21-7-3-2-4-8-21/h2-14,17H,15-16,18H2,1H3/b24-17+. The van der Waals surface area contributed by atoms with Gasteiger partial charge in [-0.2, -0.15) is 0 Å². The van der Waals surface area contributed by atoms with Gasteiger partial charge in [-0.15, -0.1) is 0 Å². The molecular weight excluding hydrogens is 507 g/mol. The lowest BCUT2D eigenvalue weighted by atomic mass is 10.1. The molecule has 8 heteroatoms. The van der Waals surface area contributed by atoms with E-state index in [9.17, 15) is 9.59 Å². The summed E-state index contributed by atoms with van der Waals surface area (Å²) in [5.74, 6) is 0.430. The minimum absolute atomic E-state index is 0.115. The number of thiocarbonyl (C=S) groups is 1. The third kappa shape index (κ3) is 5.31. The number of aryl methyl sites for hydroxylation is 1. The first-order valence-corrected chi connectivity index (χ1v) is 13.7. The summed E-state index contributed by atoms with van der Waals surface area (Å²) in [6.07, 6.45) is 1.99. The van der Waals surface area contributed by atoms with E-state index in [-0.39, 0.29) is 24.8 Å². The Balaban J connectivity index is 1.32. The molecule has 1 aliphatic rings. The number of nitrogens with zero attached hydrogens (tertiary/aromatic N) is 3. The van der Waals surface area contributed by atoms with Gasteiger partial charge < -0.3 is 0 Å². The third-order valence-corrected chi connectivity index (χ3v) is 8.18. The predicted molar refractivity (Wildman–Crippen MR) is 152 cm³/mol. The molecule has 0 saturated carbocycles. The molecule has 0 bridgehead atoms. The van der Waals surface area contributed by atoms with Gasteiger partial charge in [-0.3, -0.25) is 19.1 Å². The summed E-state index contributed by atoms with van der Waals surface area (Å²) in [6.45, 7) is 2.25. The second-order valence-electron chi connectivity index (χ2n) is 8.38. The van der Waals surface area contributed by atoms with E-state index in [1.807, 2.05) is 79.7 Å². The molecule has 1 aliphatic heterocycles. The van der Waals surface area contributed by atoms with Crippen molar-refractivity contribution in [1.29, 1.82) is 0 Å². The average molecular weight is 530 g/mol. The van der Waals surface area contributed by atoms with Crippen LogP contribution in [0.3, 0.4) is 0 Å². The third-order valence-electron chi connectivity index (χ3n) is 5.79. The second kappa shape index (κ2) is 10.8. The van der Waals surface area contributed by atoms with Crippen molar-refractivity contribution in [2.45, 2.75) is 24.3 Å². The first kappa shape index (κ1) is 24.5. The number of hydrogen-bond donors (Lipinski definition) is 0. The molecule has 0 radical (unpaired) electrons. The van der Waals surface area contributed by atoms with Gasteiger partial charge in [0.15, 0.2) is 5.16 Å². The summed E-state index contributed by atoms with van der Waals surface area (Å²) in [5.41, 5.74) is 4.80. The van der Waals surface area contributed by atoms with E-state index in [1.54, 1.807) is 4.57 Å². The van der Waals surface area contributed by atoms with Crippen molar-refractivity contribution in [2.75, 3.05) is 6.54 Å². The molecule has 36 heavy (non-hydrogen) atoms. The lowest BCUT2D eigenvalue weighted by molar-refractivity contribution is -0.122. The van der Waals surface area contributed by atoms with E-state index in [2.05, 4.69) is 12.1 Å². The Bertz CT molecular complexity index is 1480. The minimum Gasteiger partial charge on any atom is -0.292 e. The Hall–Kier alpha value is -3.20. The minimum atomic E-state index is -0.160. The maximum Gasteiger partial charge on any atom is 0.266 e. The second-order valence-corrected chi connectivity index (χ2v) is 11.0. The fraction of sp³-hybridized carbons (Fsp3) is 0.143. The lowest BCUT2D eigenvalue weighted by Gasteiger charge is -2.15. The van der Waals surface area contributed by atoms with Crippen LogP contribution in [0.2, 0.25) is 0 Å². The SMILES string of the molecule is Cc1ccc(/C=C2/SC(=S)N(CCC(=O)n3c(SCc4ccccc4)nc4ccccc43)C2=O)cc1. The Morgan fingerprint density at radius 1 is 1.03 bits per heavy atom. The number of aromatic nitrogens is 2. The highest BCUT2D eigenvalue weighted by Crippen LogP contribution is 2.33. The van der Waals surface area contributed by atoms with Gasteiger partial charge in [0, 0.05) is 18.7 Å². The fourth-order valence-electron chi connectivity index (χ4n) is 3.89. The van der Waals surface area contributed by atoms with Gasteiger partial charge in [0.2, 0.25) is 5.91 Å². The predicted octanol–water partition coefficient (Wildman–Crippen LogP) is 6.57. The molecule has 2 heterocycles. The summed E-state index contributed by atoms with van der Waals surface area (Å²) >= 11 is 8.28. The van der Waals surface area contributed by atoms with E-state index in [4.69, 9.17) is 17.2 Å². The largest absolute Gasteiger partial charge is 0.292 e. The maximum absolute atomic E-state index is 13.4. The number of hydrogen-bond acceptors (Lipinski definition) is 6. The van der Waals surface area contributed by atoms with Crippen molar-refractivity contribution in [3.63, 3.8) is 0 Å². The summed E-state index contributed by atoms with van der Waals surface area (Å²) in [7, 11) is 0. The smallest absolute Gasteiger partial charge is 0.266 e. The number of fused-ring (bicyclic) bond motifs is 1. The molecule has 0 atom stereocenters. The number of amides is 1. The summed E-state index contributed by atoms with van der Waals surface area (Å²) < 4.78 is 2.14. The number of thioether (sulfide) groups is 2. The molecule has 0 unspecified atom stereocenters. The van der Waals surface area contributed by atoms with Crippen LogP contribution in [0.25, 0.3) is 17.1 Å². The van der Waals surface area contributed by atoms with E-state index >= 15 is 0 Å².